The van der Waals surface area contributed by atoms with Crippen LogP contribution in [0.2, 0.25) is 0 Å². The highest BCUT2D eigenvalue weighted by Gasteiger charge is 2.52. The Morgan fingerprint density at radius 2 is 1.17 bits per heavy atom. The Morgan fingerprint density at radius 1 is 0.759 bits per heavy atom. The molecule has 174 valence electrons. The van der Waals surface area contributed by atoms with Crippen molar-refractivity contribution in [3.05, 3.63) is 0 Å². The Balaban J connectivity index is 3.12. The van der Waals surface area contributed by atoms with Gasteiger partial charge in [-0.2, -0.15) is 9.78 Å². The van der Waals surface area contributed by atoms with Gasteiger partial charge in [0.05, 0.1) is 0 Å². The van der Waals surface area contributed by atoms with Crippen LogP contribution < -0.4 is 0 Å². The van der Waals surface area contributed by atoms with Crippen molar-refractivity contribution in [1.82, 2.24) is 0 Å². The van der Waals surface area contributed by atoms with E-state index in [9.17, 15) is 0 Å². The van der Waals surface area contributed by atoms with Crippen molar-refractivity contribution in [1.29, 1.82) is 0 Å². The molecule has 29 heavy (non-hydrogen) atoms. The quantitative estimate of drug-likeness (QED) is 0.163. The highest BCUT2D eigenvalue weighted by atomic mass is 17.3. The summed E-state index contributed by atoms with van der Waals surface area (Å²) in [5.41, 5.74) is -0.401. The Labute approximate surface area is 181 Å². The second kappa shape index (κ2) is 11.5. The maximum absolute atomic E-state index is 6.33. The predicted octanol–water partition coefficient (Wildman–Crippen LogP) is 8.14. The van der Waals surface area contributed by atoms with E-state index in [1.54, 1.807) is 0 Å². The molecule has 0 radical (unpaired) electrons. The minimum absolute atomic E-state index is 0.122. The van der Waals surface area contributed by atoms with E-state index in [2.05, 4.69) is 62.3 Å². The zero-order valence-electron chi connectivity index (χ0n) is 21.0. The first-order chi connectivity index (χ1) is 13.6. The van der Waals surface area contributed by atoms with E-state index in [1.807, 2.05) is 0 Å². The first-order valence-corrected chi connectivity index (χ1v) is 12.3. The van der Waals surface area contributed by atoms with Crippen LogP contribution >= 0.6 is 0 Å². The molecule has 0 saturated heterocycles. The summed E-state index contributed by atoms with van der Waals surface area (Å²) in [7, 11) is 0. The van der Waals surface area contributed by atoms with Gasteiger partial charge in [-0.15, -0.1) is 0 Å². The second-order valence-electron chi connectivity index (χ2n) is 10.2. The Hall–Kier alpha value is -0.160. The molecule has 0 aromatic carbocycles. The average Bonchev–Trinajstić information content (AvgIpc) is 2.71. The van der Waals surface area contributed by atoms with Gasteiger partial charge in [-0.3, -0.25) is 0 Å². The maximum atomic E-state index is 6.33. The first kappa shape index (κ1) is 26.9. The summed E-state index contributed by atoms with van der Waals surface area (Å²) in [6.07, 6.45) is 10.8. The molecule has 1 fully saturated rings. The van der Waals surface area contributed by atoms with Crippen molar-refractivity contribution in [2.45, 2.75) is 150 Å². The molecule has 0 aliphatic heterocycles. The molecule has 4 nitrogen and oxygen atoms in total. The zero-order chi connectivity index (χ0) is 22.2. The van der Waals surface area contributed by atoms with Gasteiger partial charge in [0.1, 0.15) is 11.2 Å². The summed E-state index contributed by atoms with van der Waals surface area (Å²) in [6.45, 7) is 19.9. The molecule has 1 aliphatic rings. The van der Waals surface area contributed by atoms with Crippen LogP contribution in [0, 0.1) is 11.3 Å². The number of hydrogen-bond donors (Lipinski definition) is 0. The van der Waals surface area contributed by atoms with Gasteiger partial charge in [-0.1, -0.05) is 75.2 Å². The van der Waals surface area contributed by atoms with Gasteiger partial charge in [-0.25, -0.2) is 9.78 Å². The lowest BCUT2D eigenvalue weighted by molar-refractivity contribution is -0.565. The Morgan fingerprint density at radius 3 is 1.52 bits per heavy atom. The van der Waals surface area contributed by atoms with Crippen molar-refractivity contribution >= 4 is 0 Å². The molecular weight excluding hydrogens is 364 g/mol. The summed E-state index contributed by atoms with van der Waals surface area (Å²) >= 11 is 0. The highest BCUT2D eigenvalue weighted by molar-refractivity contribution is 4.90. The monoisotopic (exact) mass is 414 g/mol. The first-order valence-electron chi connectivity index (χ1n) is 12.3. The summed E-state index contributed by atoms with van der Waals surface area (Å²) < 4.78 is 0. The van der Waals surface area contributed by atoms with Crippen LogP contribution in [0.4, 0.5) is 0 Å². The summed E-state index contributed by atoms with van der Waals surface area (Å²) in [5.74, 6) is -0.661. The minimum atomic E-state index is -0.867. The number of rotatable bonds is 14. The molecule has 4 heteroatoms. The smallest absolute Gasteiger partial charge is 0.227 e. The van der Waals surface area contributed by atoms with E-state index in [0.29, 0.717) is 0 Å². The van der Waals surface area contributed by atoms with Crippen LogP contribution in [0.5, 0.6) is 0 Å². The van der Waals surface area contributed by atoms with Gasteiger partial charge in [0, 0.05) is 12.3 Å². The van der Waals surface area contributed by atoms with Gasteiger partial charge in [0.2, 0.25) is 5.79 Å². The lowest BCUT2D eigenvalue weighted by atomic mass is 9.70. The van der Waals surface area contributed by atoms with Crippen LogP contribution in [0.15, 0.2) is 0 Å². The van der Waals surface area contributed by atoms with E-state index in [0.717, 1.165) is 70.6 Å². The van der Waals surface area contributed by atoms with Crippen molar-refractivity contribution < 1.29 is 19.6 Å². The standard InChI is InChI=1S/C25H50O4/c1-10-17-23(12-3,13-4)26-28-25(20-22(8,9)19-16-21(25)7)29-27-24(14-5,15-6)18-11-2/h21H,10-20H2,1-9H3. The summed E-state index contributed by atoms with van der Waals surface area (Å²) in [4.78, 5) is 25.2. The minimum Gasteiger partial charge on any atom is -0.227 e. The molecule has 0 spiro atoms. The van der Waals surface area contributed by atoms with Crippen molar-refractivity contribution in [2.75, 3.05) is 0 Å². The van der Waals surface area contributed by atoms with Crippen LogP contribution in [0.3, 0.4) is 0 Å². The van der Waals surface area contributed by atoms with Gasteiger partial charge in [-0.05, 0) is 56.8 Å². The molecule has 0 bridgehead atoms. The molecule has 0 heterocycles. The third kappa shape index (κ3) is 6.92. The van der Waals surface area contributed by atoms with Crippen LogP contribution in [0.25, 0.3) is 0 Å². The normalized spacial score (nSPS) is 22.0. The second-order valence-corrected chi connectivity index (χ2v) is 10.2. The zero-order valence-corrected chi connectivity index (χ0v) is 21.0. The lowest BCUT2D eigenvalue weighted by Crippen LogP contribution is -2.52. The van der Waals surface area contributed by atoms with Crippen LogP contribution in [-0.4, -0.2) is 17.0 Å². The van der Waals surface area contributed by atoms with Crippen LogP contribution in [-0.2, 0) is 19.6 Å². The topological polar surface area (TPSA) is 36.9 Å². The predicted molar refractivity (Wildman–Crippen MR) is 120 cm³/mol. The highest BCUT2D eigenvalue weighted by Crippen LogP contribution is 2.49. The molecule has 0 amide bonds. The van der Waals surface area contributed by atoms with E-state index in [-0.39, 0.29) is 22.5 Å². The fraction of sp³-hybridized carbons (Fsp3) is 1.00. The largest absolute Gasteiger partial charge is 0.237 e. The molecule has 1 saturated carbocycles. The van der Waals surface area contributed by atoms with E-state index in [4.69, 9.17) is 19.6 Å². The molecule has 1 rings (SSSR count). The molecule has 0 aromatic rings. The fourth-order valence-corrected chi connectivity index (χ4v) is 4.75. The van der Waals surface area contributed by atoms with Gasteiger partial charge < -0.3 is 0 Å². The average molecular weight is 415 g/mol. The van der Waals surface area contributed by atoms with E-state index >= 15 is 0 Å². The van der Waals surface area contributed by atoms with Crippen molar-refractivity contribution in [3.8, 4) is 0 Å². The van der Waals surface area contributed by atoms with E-state index < -0.39 is 5.79 Å². The summed E-state index contributed by atoms with van der Waals surface area (Å²) in [6, 6.07) is 0. The molecule has 1 atom stereocenters. The van der Waals surface area contributed by atoms with Gasteiger partial charge in [0.25, 0.3) is 0 Å². The third-order valence-electron chi connectivity index (χ3n) is 7.44. The Bertz CT molecular complexity index is 426. The lowest BCUT2D eigenvalue weighted by Gasteiger charge is -2.48. The third-order valence-corrected chi connectivity index (χ3v) is 7.44. The van der Waals surface area contributed by atoms with Crippen molar-refractivity contribution in [2.24, 2.45) is 11.3 Å². The van der Waals surface area contributed by atoms with Crippen molar-refractivity contribution in [3.63, 3.8) is 0 Å². The number of hydrogen-bond acceptors (Lipinski definition) is 4. The SMILES string of the molecule is CCCC(CC)(CC)OOC1(OOC(CC)(CC)CCC)CC(C)(C)CCC1C. The van der Waals surface area contributed by atoms with Crippen LogP contribution in [0.1, 0.15) is 133 Å². The van der Waals surface area contributed by atoms with Gasteiger partial charge >= 0.3 is 0 Å². The van der Waals surface area contributed by atoms with E-state index in [1.165, 1.54) is 0 Å². The summed E-state index contributed by atoms with van der Waals surface area (Å²) in [5, 5.41) is 0. The Kier molecular flexibility index (Phi) is 10.6. The molecule has 0 aromatic heterocycles. The molecule has 0 N–H and O–H groups in total. The molecule has 1 aliphatic carbocycles. The maximum Gasteiger partial charge on any atom is 0.237 e. The molecule has 1 unspecified atom stereocenters. The van der Waals surface area contributed by atoms with Gasteiger partial charge in [0.15, 0.2) is 0 Å². The fourth-order valence-electron chi connectivity index (χ4n) is 4.75. The molecular formula is C25H50O4.